The molecule has 1 heterocycles. The molecular weight excluding hydrogens is 244 g/mol. The molecule has 0 saturated carbocycles. The van der Waals surface area contributed by atoms with Crippen molar-refractivity contribution in [3.8, 4) is 0 Å². The van der Waals surface area contributed by atoms with E-state index in [-0.39, 0.29) is 18.6 Å². The van der Waals surface area contributed by atoms with E-state index in [0.29, 0.717) is 10.6 Å². The summed E-state index contributed by atoms with van der Waals surface area (Å²) >= 11 is 1.39. The maximum atomic E-state index is 12.9. The lowest BCUT2D eigenvalue weighted by atomic mass is 10.1. The van der Waals surface area contributed by atoms with Gasteiger partial charge in [-0.25, -0.2) is 13.8 Å². The molecule has 1 aromatic carbocycles. The molecule has 0 bridgehead atoms. The highest BCUT2D eigenvalue weighted by Crippen LogP contribution is 2.11. The number of thiazole rings is 1. The number of Topliss-reactive ketones (excluding diaryl/α,β-unsaturated/α-hetero) is 1. The number of ketones is 1. The summed E-state index contributed by atoms with van der Waals surface area (Å²) in [7, 11) is 0. The smallest absolute Gasteiger partial charge is 0.144 e. The molecule has 0 atom stereocenters. The second-order valence-corrected chi connectivity index (χ2v) is 4.57. The lowest BCUT2D eigenvalue weighted by Crippen LogP contribution is -2.06. The van der Waals surface area contributed by atoms with Gasteiger partial charge < -0.3 is 0 Å². The minimum Gasteiger partial charge on any atom is -0.299 e. The van der Waals surface area contributed by atoms with Crippen molar-refractivity contribution in [3.63, 3.8) is 0 Å². The van der Waals surface area contributed by atoms with E-state index in [2.05, 4.69) is 4.98 Å². The first-order valence-corrected chi connectivity index (χ1v) is 5.86. The molecule has 0 saturated heterocycles. The van der Waals surface area contributed by atoms with Crippen molar-refractivity contribution in [3.05, 3.63) is 52.0 Å². The van der Waals surface area contributed by atoms with Crippen LogP contribution in [0, 0.1) is 11.6 Å². The molecular formula is C12H9F2NOS. The monoisotopic (exact) mass is 253 g/mol. The van der Waals surface area contributed by atoms with Crippen LogP contribution in [0.3, 0.4) is 0 Å². The van der Waals surface area contributed by atoms with Crippen LogP contribution in [0.25, 0.3) is 0 Å². The average molecular weight is 253 g/mol. The Hall–Kier alpha value is -1.62. The van der Waals surface area contributed by atoms with E-state index in [9.17, 15) is 13.6 Å². The average Bonchev–Trinajstić information content (AvgIpc) is 2.67. The Morgan fingerprint density at radius 1 is 1.18 bits per heavy atom. The third-order valence-corrected chi connectivity index (χ3v) is 2.94. The van der Waals surface area contributed by atoms with E-state index in [1.165, 1.54) is 23.5 Å². The van der Waals surface area contributed by atoms with Gasteiger partial charge in [-0.3, -0.25) is 4.79 Å². The molecule has 0 N–H and O–H groups in total. The van der Waals surface area contributed by atoms with Crippen molar-refractivity contribution >= 4 is 17.1 Å². The molecule has 0 unspecified atom stereocenters. The summed E-state index contributed by atoms with van der Waals surface area (Å²) in [5.41, 5.74) is 0.351. The molecule has 0 amide bonds. The number of carbonyl (C=O) groups is 1. The molecule has 2 nitrogen and oxygen atoms in total. The number of nitrogens with zero attached hydrogens (tertiary/aromatic N) is 1. The SMILES string of the molecule is O=C(Cc1cc(F)cc(F)c1)Cc1nccs1. The first kappa shape index (κ1) is 11.9. The lowest BCUT2D eigenvalue weighted by Gasteiger charge is -2.00. The summed E-state index contributed by atoms with van der Waals surface area (Å²) in [5.74, 6) is -1.44. The van der Waals surface area contributed by atoms with Gasteiger partial charge in [-0.2, -0.15) is 0 Å². The zero-order valence-electron chi connectivity index (χ0n) is 8.82. The number of aromatic nitrogens is 1. The number of carbonyl (C=O) groups excluding carboxylic acids is 1. The van der Waals surface area contributed by atoms with Crippen LogP contribution in [0.4, 0.5) is 8.78 Å². The fourth-order valence-electron chi connectivity index (χ4n) is 1.51. The molecule has 88 valence electrons. The summed E-state index contributed by atoms with van der Waals surface area (Å²) in [5, 5.41) is 2.50. The topological polar surface area (TPSA) is 30.0 Å². The highest BCUT2D eigenvalue weighted by Gasteiger charge is 2.09. The highest BCUT2D eigenvalue weighted by molar-refractivity contribution is 7.09. The Balaban J connectivity index is 2.03. The van der Waals surface area contributed by atoms with Crippen LogP contribution in [-0.4, -0.2) is 10.8 Å². The number of halogens is 2. The molecule has 2 rings (SSSR count). The maximum Gasteiger partial charge on any atom is 0.144 e. The minimum atomic E-state index is -0.665. The molecule has 0 aliphatic heterocycles. The molecule has 0 fully saturated rings. The van der Waals surface area contributed by atoms with Crippen molar-refractivity contribution in [1.82, 2.24) is 4.98 Å². The first-order chi connectivity index (χ1) is 8.13. The molecule has 1 aromatic heterocycles. The largest absolute Gasteiger partial charge is 0.299 e. The quantitative estimate of drug-likeness (QED) is 0.838. The van der Waals surface area contributed by atoms with Gasteiger partial charge in [0, 0.05) is 24.1 Å². The van der Waals surface area contributed by atoms with Crippen LogP contribution in [0.2, 0.25) is 0 Å². The fraction of sp³-hybridized carbons (Fsp3) is 0.167. The molecule has 0 spiro atoms. The van der Waals surface area contributed by atoms with Crippen LogP contribution in [0.5, 0.6) is 0 Å². The van der Waals surface area contributed by atoms with Crippen molar-refractivity contribution < 1.29 is 13.6 Å². The Morgan fingerprint density at radius 3 is 2.47 bits per heavy atom. The van der Waals surface area contributed by atoms with E-state index >= 15 is 0 Å². The van der Waals surface area contributed by atoms with Gasteiger partial charge in [0.2, 0.25) is 0 Å². The molecule has 5 heteroatoms. The van der Waals surface area contributed by atoms with Crippen LogP contribution >= 0.6 is 11.3 Å². The molecule has 17 heavy (non-hydrogen) atoms. The predicted octanol–water partition coefficient (Wildman–Crippen LogP) is 2.78. The van der Waals surface area contributed by atoms with Crippen molar-refractivity contribution in [2.24, 2.45) is 0 Å². The van der Waals surface area contributed by atoms with Gasteiger partial charge >= 0.3 is 0 Å². The lowest BCUT2D eigenvalue weighted by molar-refractivity contribution is -0.117. The Kier molecular flexibility index (Phi) is 3.58. The Bertz CT molecular complexity index is 505. The number of hydrogen-bond donors (Lipinski definition) is 0. The third kappa shape index (κ3) is 3.42. The second kappa shape index (κ2) is 5.14. The van der Waals surface area contributed by atoms with Gasteiger partial charge in [-0.05, 0) is 17.7 Å². The van der Waals surface area contributed by atoms with Crippen molar-refractivity contribution in [1.29, 1.82) is 0 Å². The summed E-state index contributed by atoms with van der Waals surface area (Å²) in [6.07, 6.45) is 1.85. The zero-order chi connectivity index (χ0) is 12.3. The summed E-state index contributed by atoms with van der Waals surface area (Å²) in [6.45, 7) is 0. The Morgan fingerprint density at radius 2 is 1.88 bits per heavy atom. The minimum absolute atomic E-state index is 0.0221. The van der Waals surface area contributed by atoms with Gasteiger partial charge in [0.1, 0.15) is 17.4 Å². The van der Waals surface area contributed by atoms with Crippen LogP contribution in [0.1, 0.15) is 10.6 Å². The van der Waals surface area contributed by atoms with Gasteiger partial charge in [0.05, 0.1) is 11.4 Å². The van der Waals surface area contributed by atoms with Crippen molar-refractivity contribution in [2.75, 3.05) is 0 Å². The van der Waals surface area contributed by atoms with Crippen LogP contribution in [0.15, 0.2) is 29.8 Å². The maximum absolute atomic E-state index is 12.9. The molecule has 0 aliphatic rings. The third-order valence-electron chi connectivity index (χ3n) is 2.16. The number of benzene rings is 1. The van der Waals surface area contributed by atoms with Gasteiger partial charge in [-0.1, -0.05) is 0 Å². The zero-order valence-corrected chi connectivity index (χ0v) is 9.64. The Labute approximate surface area is 101 Å². The standard InChI is InChI=1S/C12H9F2NOS/c13-9-3-8(4-10(14)6-9)5-11(16)7-12-15-1-2-17-12/h1-4,6H,5,7H2. The van der Waals surface area contributed by atoms with Gasteiger partial charge in [-0.15, -0.1) is 11.3 Å². The molecule has 2 aromatic rings. The highest BCUT2D eigenvalue weighted by atomic mass is 32.1. The fourth-order valence-corrected chi connectivity index (χ4v) is 2.16. The van der Waals surface area contributed by atoms with E-state index in [4.69, 9.17) is 0 Å². The molecule has 0 aliphatic carbocycles. The van der Waals surface area contributed by atoms with E-state index in [0.717, 1.165) is 6.07 Å². The van der Waals surface area contributed by atoms with E-state index in [1.54, 1.807) is 11.6 Å². The second-order valence-electron chi connectivity index (χ2n) is 3.60. The normalized spacial score (nSPS) is 10.5. The number of rotatable bonds is 4. The van der Waals surface area contributed by atoms with Gasteiger partial charge in [0.25, 0.3) is 0 Å². The van der Waals surface area contributed by atoms with Crippen LogP contribution in [-0.2, 0) is 17.6 Å². The van der Waals surface area contributed by atoms with Crippen LogP contribution < -0.4 is 0 Å². The van der Waals surface area contributed by atoms with E-state index < -0.39 is 11.6 Å². The first-order valence-electron chi connectivity index (χ1n) is 4.98. The summed E-state index contributed by atoms with van der Waals surface area (Å²) < 4.78 is 25.8. The van der Waals surface area contributed by atoms with E-state index in [1.807, 2.05) is 0 Å². The van der Waals surface area contributed by atoms with Gasteiger partial charge in [0.15, 0.2) is 0 Å². The predicted molar refractivity (Wildman–Crippen MR) is 60.9 cm³/mol. The summed E-state index contributed by atoms with van der Waals surface area (Å²) in [6, 6.07) is 3.13. The molecule has 0 radical (unpaired) electrons. The summed E-state index contributed by atoms with van der Waals surface area (Å²) in [4.78, 5) is 15.6. The number of hydrogen-bond acceptors (Lipinski definition) is 3. The van der Waals surface area contributed by atoms with Crippen molar-refractivity contribution in [2.45, 2.75) is 12.8 Å².